The van der Waals surface area contributed by atoms with Crippen LogP contribution in [0.1, 0.15) is 35.8 Å². The Morgan fingerprint density at radius 1 is 1.05 bits per heavy atom. The van der Waals surface area contributed by atoms with E-state index in [0.717, 1.165) is 24.3 Å². The number of ether oxygens (including phenoxy) is 2. The van der Waals surface area contributed by atoms with Crippen molar-refractivity contribution in [1.29, 1.82) is 0 Å². The van der Waals surface area contributed by atoms with E-state index in [0.29, 0.717) is 0 Å². The summed E-state index contributed by atoms with van der Waals surface area (Å²) in [5, 5.41) is 2.23. The normalized spacial score (nSPS) is 11.0. The Labute approximate surface area is 137 Å². The first-order valence-electron chi connectivity index (χ1n) is 7.71. The molecule has 0 bridgehead atoms. The number of rotatable bonds is 8. The van der Waals surface area contributed by atoms with Crippen LogP contribution in [0.15, 0.2) is 35.7 Å². The quantitative estimate of drug-likeness (QED) is 0.652. The van der Waals surface area contributed by atoms with Crippen molar-refractivity contribution < 1.29 is 9.47 Å². The second kappa shape index (κ2) is 8.64. The molecule has 0 atom stereocenters. The van der Waals surface area contributed by atoms with Crippen molar-refractivity contribution >= 4 is 17.4 Å². The van der Waals surface area contributed by atoms with Crippen molar-refractivity contribution in [3.63, 3.8) is 0 Å². The van der Waals surface area contributed by atoms with Gasteiger partial charge in [-0.05, 0) is 54.0 Å². The van der Waals surface area contributed by atoms with Gasteiger partial charge in [-0.15, -0.1) is 11.3 Å². The molecule has 0 saturated heterocycles. The minimum atomic E-state index is 0.781. The first-order valence-corrected chi connectivity index (χ1v) is 8.59. The molecule has 0 N–H and O–H groups in total. The van der Waals surface area contributed by atoms with Crippen molar-refractivity contribution in [1.82, 2.24) is 0 Å². The lowest BCUT2D eigenvalue weighted by Gasteiger charge is -2.08. The van der Waals surface area contributed by atoms with Crippen LogP contribution in [0, 0.1) is 0 Å². The average Bonchev–Trinajstić information content (AvgIpc) is 2.99. The van der Waals surface area contributed by atoms with Crippen molar-refractivity contribution in [3.05, 3.63) is 51.7 Å². The molecule has 0 radical (unpaired) electrons. The van der Waals surface area contributed by atoms with E-state index >= 15 is 0 Å². The molecular formula is C19H24O2S. The van der Waals surface area contributed by atoms with Gasteiger partial charge in [-0.3, -0.25) is 0 Å². The van der Waals surface area contributed by atoms with E-state index in [1.807, 2.05) is 17.4 Å². The summed E-state index contributed by atoms with van der Waals surface area (Å²) >= 11 is 1.86. The fourth-order valence-electron chi connectivity index (χ4n) is 2.37. The SMILES string of the molecule is CCCc1cc(/C=C/CCc2ccc(OC)c(OC)c2)cs1. The standard InChI is InChI=1S/C19H24O2S/c1-4-7-17-12-16(14-22-17)9-6-5-8-15-10-11-18(20-2)19(13-15)21-3/h6,9-14H,4-5,7-8H2,1-3H3/b9-6+. The second-order valence-corrected chi connectivity index (χ2v) is 6.22. The van der Waals surface area contributed by atoms with Crippen molar-refractivity contribution in [3.8, 4) is 11.5 Å². The minimum Gasteiger partial charge on any atom is -0.493 e. The first-order chi connectivity index (χ1) is 10.8. The molecule has 2 nitrogen and oxygen atoms in total. The number of thiophene rings is 1. The van der Waals surface area contributed by atoms with Crippen LogP contribution in [0.3, 0.4) is 0 Å². The van der Waals surface area contributed by atoms with Gasteiger partial charge in [-0.1, -0.05) is 31.6 Å². The topological polar surface area (TPSA) is 18.5 Å². The summed E-state index contributed by atoms with van der Waals surface area (Å²) in [5.41, 5.74) is 2.58. The highest BCUT2D eigenvalue weighted by atomic mass is 32.1. The molecule has 2 aromatic rings. The van der Waals surface area contributed by atoms with Crippen LogP contribution in [0.2, 0.25) is 0 Å². The van der Waals surface area contributed by atoms with Gasteiger partial charge >= 0.3 is 0 Å². The Balaban J connectivity index is 1.88. The van der Waals surface area contributed by atoms with E-state index in [-0.39, 0.29) is 0 Å². The number of hydrogen-bond donors (Lipinski definition) is 0. The van der Waals surface area contributed by atoms with Gasteiger partial charge in [0.25, 0.3) is 0 Å². The molecule has 0 aliphatic rings. The molecule has 2 rings (SSSR count). The Morgan fingerprint density at radius 3 is 2.59 bits per heavy atom. The third kappa shape index (κ3) is 4.63. The number of aryl methyl sites for hydroxylation is 2. The molecule has 1 aromatic carbocycles. The molecule has 1 heterocycles. The highest BCUT2D eigenvalue weighted by molar-refractivity contribution is 7.10. The molecule has 0 aliphatic carbocycles. The Hall–Kier alpha value is -1.74. The van der Waals surface area contributed by atoms with Gasteiger partial charge in [0.15, 0.2) is 11.5 Å². The molecular weight excluding hydrogens is 292 g/mol. The second-order valence-electron chi connectivity index (χ2n) is 5.23. The van der Waals surface area contributed by atoms with Crippen LogP contribution >= 0.6 is 11.3 Å². The van der Waals surface area contributed by atoms with E-state index < -0.39 is 0 Å². The molecule has 0 saturated carbocycles. The largest absolute Gasteiger partial charge is 0.493 e. The predicted octanol–water partition coefficient (Wildman–Crippen LogP) is 5.36. The maximum atomic E-state index is 5.34. The first kappa shape index (κ1) is 16.6. The van der Waals surface area contributed by atoms with E-state index in [1.165, 1.54) is 28.8 Å². The summed E-state index contributed by atoms with van der Waals surface area (Å²) in [6.45, 7) is 2.22. The number of allylic oxidation sites excluding steroid dienone is 1. The Kier molecular flexibility index (Phi) is 6.53. The van der Waals surface area contributed by atoms with Gasteiger partial charge < -0.3 is 9.47 Å². The molecule has 0 aliphatic heterocycles. The van der Waals surface area contributed by atoms with Gasteiger partial charge in [0.05, 0.1) is 14.2 Å². The minimum absolute atomic E-state index is 0.781. The van der Waals surface area contributed by atoms with Crippen LogP contribution in [-0.2, 0) is 12.8 Å². The van der Waals surface area contributed by atoms with Gasteiger partial charge in [0, 0.05) is 4.88 Å². The van der Waals surface area contributed by atoms with Crippen LogP contribution < -0.4 is 9.47 Å². The van der Waals surface area contributed by atoms with E-state index in [1.54, 1.807) is 14.2 Å². The third-order valence-electron chi connectivity index (χ3n) is 3.53. The third-order valence-corrected chi connectivity index (χ3v) is 4.54. The Bertz CT molecular complexity index is 614. The average molecular weight is 316 g/mol. The Morgan fingerprint density at radius 2 is 1.86 bits per heavy atom. The zero-order chi connectivity index (χ0) is 15.8. The summed E-state index contributed by atoms with van der Waals surface area (Å²) < 4.78 is 10.6. The molecule has 22 heavy (non-hydrogen) atoms. The van der Waals surface area contributed by atoms with Crippen LogP contribution in [0.5, 0.6) is 11.5 Å². The fraction of sp³-hybridized carbons (Fsp3) is 0.368. The van der Waals surface area contributed by atoms with Gasteiger partial charge in [-0.25, -0.2) is 0 Å². The summed E-state index contributed by atoms with van der Waals surface area (Å²) in [7, 11) is 3.33. The maximum absolute atomic E-state index is 5.34. The summed E-state index contributed by atoms with van der Waals surface area (Å²) in [4.78, 5) is 1.47. The lowest BCUT2D eigenvalue weighted by Crippen LogP contribution is -1.92. The number of benzene rings is 1. The van der Waals surface area contributed by atoms with Gasteiger partial charge in [-0.2, -0.15) is 0 Å². The predicted molar refractivity (Wildman–Crippen MR) is 95.2 cm³/mol. The number of hydrogen-bond acceptors (Lipinski definition) is 3. The van der Waals surface area contributed by atoms with Crippen molar-refractivity contribution in [2.24, 2.45) is 0 Å². The van der Waals surface area contributed by atoms with Gasteiger partial charge in [0.2, 0.25) is 0 Å². The van der Waals surface area contributed by atoms with E-state index in [9.17, 15) is 0 Å². The smallest absolute Gasteiger partial charge is 0.160 e. The molecule has 0 unspecified atom stereocenters. The van der Waals surface area contributed by atoms with Gasteiger partial charge in [0.1, 0.15) is 0 Å². The van der Waals surface area contributed by atoms with E-state index in [2.05, 4.69) is 42.7 Å². The summed E-state index contributed by atoms with van der Waals surface area (Å²) in [5.74, 6) is 1.58. The molecule has 0 fully saturated rings. The highest BCUT2D eigenvalue weighted by Gasteiger charge is 2.03. The lowest BCUT2D eigenvalue weighted by molar-refractivity contribution is 0.354. The zero-order valence-electron chi connectivity index (χ0n) is 13.6. The van der Waals surface area contributed by atoms with E-state index in [4.69, 9.17) is 9.47 Å². The molecule has 0 spiro atoms. The monoisotopic (exact) mass is 316 g/mol. The molecule has 0 amide bonds. The fourth-order valence-corrected chi connectivity index (χ4v) is 3.33. The van der Waals surface area contributed by atoms with Crippen LogP contribution in [0.25, 0.3) is 6.08 Å². The summed E-state index contributed by atoms with van der Waals surface area (Å²) in [6.07, 6.45) is 8.88. The lowest BCUT2D eigenvalue weighted by atomic mass is 10.1. The molecule has 118 valence electrons. The van der Waals surface area contributed by atoms with Crippen molar-refractivity contribution in [2.75, 3.05) is 14.2 Å². The van der Waals surface area contributed by atoms with Crippen molar-refractivity contribution in [2.45, 2.75) is 32.6 Å². The molecule has 3 heteroatoms. The summed E-state index contributed by atoms with van der Waals surface area (Å²) in [6, 6.07) is 8.41. The van der Waals surface area contributed by atoms with Crippen LogP contribution in [-0.4, -0.2) is 14.2 Å². The highest BCUT2D eigenvalue weighted by Crippen LogP contribution is 2.28. The van der Waals surface area contributed by atoms with Crippen LogP contribution in [0.4, 0.5) is 0 Å². The zero-order valence-corrected chi connectivity index (χ0v) is 14.4. The molecule has 1 aromatic heterocycles. The number of methoxy groups -OCH3 is 2. The maximum Gasteiger partial charge on any atom is 0.160 e.